The van der Waals surface area contributed by atoms with Gasteiger partial charge in [0.25, 0.3) is 0 Å². The molecule has 1 aliphatic rings. The number of halogens is 1. The Morgan fingerprint density at radius 1 is 1.38 bits per heavy atom. The van der Waals surface area contributed by atoms with Crippen LogP contribution < -0.4 is 0 Å². The molecule has 2 heterocycles. The highest BCUT2D eigenvalue weighted by Crippen LogP contribution is 2.23. The Morgan fingerprint density at radius 2 is 2.19 bits per heavy atom. The van der Waals surface area contributed by atoms with Gasteiger partial charge in [-0.15, -0.1) is 0 Å². The number of rotatable bonds is 4. The molecule has 21 heavy (non-hydrogen) atoms. The molecule has 5 heteroatoms. The van der Waals surface area contributed by atoms with E-state index in [0.717, 1.165) is 43.5 Å². The Morgan fingerprint density at radius 3 is 2.95 bits per heavy atom. The van der Waals surface area contributed by atoms with Gasteiger partial charge in [-0.05, 0) is 43.7 Å². The molecule has 0 N–H and O–H groups in total. The van der Waals surface area contributed by atoms with Gasteiger partial charge in [0.2, 0.25) is 5.89 Å². The zero-order valence-corrected chi connectivity index (χ0v) is 12.4. The zero-order valence-electron chi connectivity index (χ0n) is 11.7. The number of carbonyl (C=O) groups is 1. The lowest BCUT2D eigenvalue weighted by Crippen LogP contribution is -2.35. The second kappa shape index (κ2) is 6.41. The summed E-state index contributed by atoms with van der Waals surface area (Å²) < 4.78 is 5.80. The molecule has 1 atom stereocenters. The topological polar surface area (TPSA) is 46.3 Å². The van der Waals surface area contributed by atoms with Crippen molar-refractivity contribution < 1.29 is 9.21 Å². The predicted octanol–water partition coefficient (Wildman–Crippen LogP) is 3.41. The Kier molecular flexibility index (Phi) is 4.36. The fourth-order valence-corrected chi connectivity index (χ4v) is 2.79. The van der Waals surface area contributed by atoms with Crippen LogP contribution in [0, 0.1) is 5.92 Å². The molecule has 1 fully saturated rings. The van der Waals surface area contributed by atoms with Gasteiger partial charge in [-0.3, -0.25) is 4.90 Å². The van der Waals surface area contributed by atoms with E-state index in [2.05, 4.69) is 9.88 Å². The van der Waals surface area contributed by atoms with Gasteiger partial charge in [0.05, 0.1) is 12.7 Å². The Bertz CT molecular complexity index is 609. The van der Waals surface area contributed by atoms with Gasteiger partial charge in [-0.25, -0.2) is 4.98 Å². The molecule has 1 aromatic carbocycles. The summed E-state index contributed by atoms with van der Waals surface area (Å²) in [4.78, 5) is 17.5. The lowest BCUT2D eigenvalue weighted by Gasteiger charge is -2.28. The van der Waals surface area contributed by atoms with Crippen LogP contribution in [0.3, 0.4) is 0 Å². The Labute approximate surface area is 128 Å². The van der Waals surface area contributed by atoms with Crippen molar-refractivity contribution in [1.82, 2.24) is 9.88 Å². The van der Waals surface area contributed by atoms with E-state index in [-0.39, 0.29) is 5.92 Å². The summed E-state index contributed by atoms with van der Waals surface area (Å²) in [5.74, 6) is 1.57. The molecule has 0 bridgehead atoms. The molecule has 1 saturated heterocycles. The van der Waals surface area contributed by atoms with Crippen molar-refractivity contribution in [3.63, 3.8) is 0 Å². The van der Waals surface area contributed by atoms with Crippen molar-refractivity contribution in [2.45, 2.75) is 19.4 Å². The SMILES string of the molecule is O=CC1CCCN(Cc2ncc(-c3ccc(Cl)cc3)o2)C1. The summed E-state index contributed by atoms with van der Waals surface area (Å²) in [6.07, 6.45) is 4.83. The van der Waals surface area contributed by atoms with Gasteiger partial charge in [0.1, 0.15) is 6.29 Å². The molecule has 1 unspecified atom stereocenters. The molecule has 0 spiro atoms. The molecular formula is C16H17ClN2O2. The number of piperidine rings is 1. The molecule has 4 nitrogen and oxygen atoms in total. The summed E-state index contributed by atoms with van der Waals surface area (Å²) in [6, 6.07) is 7.49. The summed E-state index contributed by atoms with van der Waals surface area (Å²) in [5, 5.41) is 0.701. The van der Waals surface area contributed by atoms with Crippen molar-refractivity contribution in [3.8, 4) is 11.3 Å². The van der Waals surface area contributed by atoms with Crippen LogP contribution in [-0.4, -0.2) is 29.3 Å². The van der Waals surface area contributed by atoms with E-state index in [1.54, 1.807) is 6.20 Å². The van der Waals surface area contributed by atoms with Crippen LogP contribution in [-0.2, 0) is 11.3 Å². The first-order valence-electron chi connectivity index (χ1n) is 7.13. The van der Waals surface area contributed by atoms with Crippen LogP contribution in [0.25, 0.3) is 11.3 Å². The first-order valence-corrected chi connectivity index (χ1v) is 7.50. The van der Waals surface area contributed by atoms with Crippen LogP contribution in [0.5, 0.6) is 0 Å². The molecular weight excluding hydrogens is 288 g/mol. The summed E-state index contributed by atoms with van der Waals surface area (Å²) >= 11 is 5.88. The van der Waals surface area contributed by atoms with E-state index in [9.17, 15) is 4.79 Å². The first kappa shape index (κ1) is 14.3. The molecule has 2 aromatic rings. The number of carbonyl (C=O) groups excluding carboxylic acids is 1. The predicted molar refractivity (Wildman–Crippen MR) is 81.0 cm³/mol. The summed E-state index contributed by atoms with van der Waals surface area (Å²) in [7, 11) is 0. The molecule has 0 aliphatic carbocycles. The highest BCUT2D eigenvalue weighted by Gasteiger charge is 2.20. The van der Waals surface area contributed by atoms with Crippen molar-refractivity contribution in [2.75, 3.05) is 13.1 Å². The van der Waals surface area contributed by atoms with Crippen LogP contribution in [0.4, 0.5) is 0 Å². The lowest BCUT2D eigenvalue weighted by molar-refractivity contribution is -0.112. The second-order valence-corrected chi connectivity index (χ2v) is 5.84. The lowest BCUT2D eigenvalue weighted by atomic mass is 10.00. The van der Waals surface area contributed by atoms with Gasteiger partial charge < -0.3 is 9.21 Å². The quantitative estimate of drug-likeness (QED) is 0.812. The average Bonchev–Trinajstić information content (AvgIpc) is 2.96. The number of hydrogen-bond acceptors (Lipinski definition) is 4. The number of aromatic nitrogens is 1. The van der Waals surface area contributed by atoms with Gasteiger partial charge >= 0.3 is 0 Å². The van der Waals surface area contributed by atoms with Crippen LogP contribution in [0.15, 0.2) is 34.9 Å². The number of aldehydes is 1. The van der Waals surface area contributed by atoms with Gasteiger partial charge in [0.15, 0.2) is 5.76 Å². The third kappa shape index (κ3) is 3.52. The van der Waals surface area contributed by atoms with E-state index >= 15 is 0 Å². The van der Waals surface area contributed by atoms with E-state index in [1.165, 1.54) is 0 Å². The molecule has 0 amide bonds. The molecule has 110 valence electrons. The van der Waals surface area contributed by atoms with E-state index in [4.69, 9.17) is 16.0 Å². The van der Waals surface area contributed by atoms with Gasteiger partial charge in [-0.2, -0.15) is 0 Å². The number of benzene rings is 1. The highest BCUT2D eigenvalue weighted by molar-refractivity contribution is 6.30. The highest BCUT2D eigenvalue weighted by atomic mass is 35.5. The molecule has 0 saturated carbocycles. The maximum absolute atomic E-state index is 10.9. The normalized spacial score (nSPS) is 19.6. The van der Waals surface area contributed by atoms with Crippen molar-refractivity contribution in [1.29, 1.82) is 0 Å². The maximum atomic E-state index is 10.9. The van der Waals surface area contributed by atoms with Gasteiger partial charge in [-0.1, -0.05) is 11.6 Å². The maximum Gasteiger partial charge on any atom is 0.209 e. The number of nitrogens with zero attached hydrogens (tertiary/aromatic N) is 2. The molecule has 0 radical (unpaired) electrons. The van der Waals surface area contributed by atoms with E-state index in [1.807, 2.05) is 24.3 Å². The fraction of sp³-hybridized carbons (Fsp3) is 0.375. The average molecular weight is 305 g/mol. The fourth-order valence-electron chi connectivity index (χ4n) is 2.67. The van der Waals surface area contributed by atoms with Gasteiger partial charge in [0, 0.05) is 23.0 Å². The largest absolute Gasteiger partial charge is 0.439 e. The first-order chi connectivity index (χ1) is 10.2. The Hall–Kier alpha value is -1.65. The van der Waals surface area contributed by atoms with Crippen molar-refractivity contribution >= 4 is 17.9 Å². The standard InChI is InChI=1S/C16H17ClN2O2/c17-14-5-3-13(4-6-14)15-8-18-16(21-15)10-19-7-1-2-12(9-19)11-20/h3-6,8,11-12H,1-2,7,9-10H2. The third-order valence-electron chi connectivity index (χ3n) is 3.78. The van der Waals surface area contributed by atoms with E-state index < -0.39 is 0 Å². The minimum absolute atomic E-state index is 0.143. The smallest absolute Gasteiger partial charge is 0.209 e. The minimum Gasteiger partial charge on any atom is -0.439 e. The summed E-state index contributed by atoms with van der Waals surface area (Å²) in [6.45, 7) is 2.43. The minimum atomic E-state index is 0.143. The van der Waals surface area contributed by atoms with Crippen molar-refractivity contribution in [3.05, 3.63) is 41.4 Å². The van der Waals surface area contributed by atoms with Crippen LogP contribution in [0.2, 0.25) is 5.02 Å². The molecule has 1 aromatic heterocycles. The number of hydrogen-bond donors (Lipinski definition) is 0. The van der Waals surface area contributed by atoms with Crippen LogP contribution >= 0.6 is 11.6 Å². The number of likely N-dealkylation sites (tertiary alicyclic amines) is 1. The van der Waals surface area contributed by atoms with Crippen molar-refractivity contribution in [2.24, 2.45) is 5.92 Å². The summed E-state index contributed by atoms with van der Waals surface area (Å²) in [5.41, 5.74) is 0.961. The third-order valence-corrected chi connectivity index (χ3v) is 4.03. The van der Waals surface area contributed by atoms with Crippen LogP contribution in [0.1, 0.15) is 18.7 Å². The molecule has 3 rings (SSSR count). The monoisotopic (exact) mass is 304 g/mol. The molecule has 1 aliphatic heterocycles. The Balaban J connectivity index is 1.67. The second-order valence-electron chi connectivity index (χ2n) is 5.40. The number of oxazole rings is 1. The van der Waals surface area contributed by atoms with E-state index in [0.29, 0.717) is 17.5 Å². The zero-order chi connectivity index (χ0) is 14.7.